The number of nitrogens with zero attached hydrogens (tertiary/aromatic N) is 11. The predicted octanol–water partition coefficient (Wildman–Crippen LogP) is -5.05. The number of nitrogen functional groups attached to an aromatic ring is 3. The van der Waals surface area contributed by atoms with Crippen molar-refractivity contribution in [3.05, 3.63) is 42.0 Å². The number of hydrogen-bond donors (Lipinski definition) is 7. The Morgan fingerprint density at radius 1 is 0.567 bits per heavy atom. The van der Waals surface area contributed by atoms with E-state index in [-0.39, 0.29) is 51.1 Å². The minimum Gasteiger partial charge on any atom is -0.756 e. The summed E-state index contributed by atoms with van der Waals surface area (Å²) < 4.78 is 92.9. The van der Waals surface area contributed by atoms with Crippen LogP contribution in [0, 0.1) is 0 Å². The Morgan fingerprint density at radius 2 is 0.925 bits per heavy atom. The summed E-state index contributed by atoms with van der Waals surface area (Å²) in [7, 11) is -17.3. The number of anilines is 3. The van der Waals surface area contributed by atoms with Crippen molar-refractivity contribution >= 4 is 74.5 Å². The van der Waals surface area contributed by atoms with Gasteiger partial charge in [0.25, 0.3) is 29.0 Å². The van der Waals surface area contributed by atoms with Crippen LogP contribution in [-0.4, -0.2) is 149 Å². The van der Waals surface area contributed by atoms with Crippen molar-refractivity contribution in [3.8, 4) is 0 Å². The molecular weight excluding hydrogens is 967 g/mol. The molecule has 4 aliphatic heterocycles. The van der Waals surface area contributed by atoms with Gasteiger partial charge in [-0.05, 0) is 0 Å². The molecular formula is C30H33N15O19P3-3. The monoisotopic (exact) mass is 1000 g/mol. The Balaban J connectivity index is 1.01. The molecule has 0 bridgehead atoms. The van der Waals surface area contributed by atoms with Crippen molar-refractivity contribution in [2.75, 3.05) is 37.0 Å². The van der Waals surface area contributed by atoms with Crippen LogP contribution >= 0.6 is 23.5 Å². The molecule has 3 unspecified atom stereocenters. The second kappa shape index (κ2) is 16.9. The van der Waals surface area contributed by atoms with Gasteiger partial charge in [0.2, 0.25) is 5.95 Å². The zero-order chi connectivity index (χ0) is 47.3. The number of rotatable bonds is 3. The third-order valence-electron chi connectivity index (χ3n) is 10.9. The molecule has 0 spiro atoms. The maximum atomic E-state index is 13.6. The number of aromatic amines is 1. The van der Waals surface area contributed by atoms with E-state index in [1.165, 1.54) is 0 Å². The molecule has 0 amide bonds. The summed E-state index contributed by atoms with van der Waals surface area (Å²) in [6.07, 6.45) is -17.6. The van der Waals surface area contributed by atoms with E-state index in [1.54, 1.807) is 0 Å². The molecule has 34 nitrogen and oxygen atoms in total. The van der Waals surface area contributed by atoms with Crippen LogP contribution < -0.4 is 37.4 Å². The minimum atomic E-state index is -5.77. The van der Waals surface area contributed by atoms with Gasteiger partial charge in [0.15, 0.2) is 52.8 Å². The number of imidazole rings is 3. The quantitative estimate of drug-likeness (QED) is 0.0816. The largest absolute Gasteiger partial charge is 0.756 e. The van der Waals surface area contributed by atoms with E-state index in [2.05, 4.69) is 44.9 Å². The van der Waals surface area contributed by atoms with Crippen LogP contribution in [0.15, 0.2) is 36.4 Å². The Kier molecular flexibility index (Phi) is 11.5. The molecule has 6 aromatic rings. The molecule has 37 heteroatoms. The van der Waals surface area contributed by atoms with E-state index < -0.39 is 122 Å². The maximum absolute atomic E-state index is 13.6. The minimum absolute atomic E-state index is 0.0130. The predicted molar refractivity (Wildman–Crippen MR) is 207 cm³/mol. The van der Waals surface area contributed by atoms with Crippen LogP contribution in [0.2, 0.25) is 0 Å². The number of ether oxygens (including phenoxy) is 3. The fourth-order valence-corrected chi connectivity index (χ4v) is 10.8. The number of phosphoric acid groups is 3. The fraction of sp³-hybridized carbons (Fsp3) is 0.500. The fourth-order valence-electron chi connectivity index (χ4n) is 7.92. The number of phosphoric ester groups is 3. The molecule has 10 N–H and O–H groups in total. The number of aliphatic hydroxyl groups is 3. The molecule has 15 atom stereocenters. The SMILES string of the molecule is Nc1nc2c(ncn2[C@@H]2O[C@@H]3COP(=O)([O-])O[C@H]4[C@@H](O)[C@H](n5cnc6c(N)ncnc65)O[C@@H]4COP(=O)([O-])O[C@H]4[C@@H](O)[C@H](n5cnc6c(N)ncnc65)O[C@@H]4COP(=O)([O-])O[C@H]3[C@H]2O)c(=O)[nH]1. The Labute approximate surface area is 370 Å². The van der Waals surface area contributed by atoms with Gasteiger partial charge in [-0.2, -0.15) is 4.98 Å². The number of aliphatic hydroxyl groups excluding tert-OH is 3. The molecule has 67 heavy (non-hydrogen) atoms. The van der Waals surface area contributed by atoms with Gasteiger partial charge in [-0.1, -0.05) is 0 Å². The second-order valence-corrected chi connectivity index (χ2v) is 19.1. The lowest BCUT2D eigenvalue weighted by atomic mass is 10.1. The third kappa shape index (κ3) is 8.38. The average molecular weight is 1000 g/mol. The highest BCUT2D eigenvalue weighted by molar-refractivity contribution is 7.46. The van der Waals surface area contributed by atoms with Crippen LogP contribution in [0.3, 0.4) is 0 Å². The van der Waals surface area contributed by atoms with Crippen molar-refractivity contribution in [2.24, 2.45) is 0 Å². The van der Waals surface area contributed by atoms with E-state index in [0.29, 0.717) is 0 Å². The highest BCUT2D eigenvalue weighted by atomic mass is 31.2. The molecule has 4 fully saturated rings. The highest BCUT2D eigenvalue weighted by Crippen LogP contribution is 2.52. The van der Waals surface area contributed by atoms with Crippen molar-refractivity contribution < 1.29 is 85.0 Å². The van der Waals surface area contributed by atoms with Gasteiger partial charge in [-0.3, -0.25) is 37.2 Å². The summed E-state index contributed by atoms with van der Waals surface area (Å²) in [6, 6.07) is 0. The van der Waals surface area contributed by atoms with Crippen molar-refractivity contribution in [3.63, 3.8) is 0 Å². The molecule has 0 aliphatic carbocycles. The Morgan fingerprint density at radius 3 is 1.31 bits per heavy atom. The van der Waals surface area contributed by atoms with Crippen LogP contribution in [0.4, 0.5) is 17.6 Å². The molecule has 4 saturated heterocycles. The van der Waals surface area contributed by atoms with Crippen LogP contribution in [0.25, 0.3) is 33.5 Å². The lowest BCUT2D eigenvalue weighted by molar-refractivity contribution is -0.243. The van der Waals surface area contributed by atoms with Crippen LogP contribution in [0.5, 0.6) is 0 Å². The van der Waals surface area contributed by atoms with E-state index >= 15 is 0 Å². The van der Waals surface area contributed by atoms with E-state index in [9.17, 15) is 48.5 Å². The van der Waals surface area contributed by atoms with Crippen LogP contribution in [-0.2, 0) is 55.0 Å². The standard InChI is InChI=1S/C30H36N15O19P3/c31-21-12-23(36-4-34-21)43(6-38-12)27-15(46)18-10(60-27)2-57-67(54,55)64-20-11(61-29(17(20)48)45-8-40-14-25(45)41-30(33)42-26(14)49)3-58-66(52,53)63-19-9(1-56-65(50,51)62-18)59-28(16(19)47)44-7-39-13-22(32)35-5-37-24(13)44/h4-11,15-20,27-29,46-48H,1-3H2,(H,50,51)(H,52,53)(H,54,55)(H2,31,34,36)(H2,32,35,37)(H3,33,41,42,49)/p-3/t9-,10-,11-,15-,16-,17-,18-,19-,20-,27-,28-,29-/m1/s1. The first-order chi connectivity index (χ1) is 31.8. The molecule has 0 aromatic carbocycles. The normalized spacial score (nSPS) is 37.9. The van der Waals surface area contributed by atoms with Gasteiger partial charge in [-0.25, -0.2) is 34.9 Å². The summed E-state index contributed by atoms with van der Waals surface area (Å²) in [5.74, 6) is -0.543. The smallest absolute Gasteiger partial charge is 0.280 e. The molecule has 4 aliphatic rings. The number of hydrogen-bond acceptors (Lipinski definition) is 30. The number of nitrogens with one attached hydrogen (secondary N) is 1. The summed E-state index contributed by atoms with van der Waals surface area (Å²) >= 11 is 0. The molecule has 10 rings (SSSR count). The van der Waals surface area contributed by atoms with Crippen molar-refractivity contribution in [1.82, 2.24) is 58.6 Å². The average Bonchev–Trinajstić information content (AvgIpc) is 4.13. The Hall–Kier alpha value is -5.06. The van der Waals surface area contributed by atoms with E-state index in [1.807, 2.05) is 0 Å². The number of fused-ring (bicyclic) bond motifs is 6. The highest BCUT2D eigenvalue weighted by Gasteiger charge is 2.53. The zero-order valence-electron chi connectivity index (χ0n) is 33.3. The Bertz CT molecular complexity index is 3010. The topological polar surface area (TPSA) is 493 Å². The molecule has 10 heterocycles. The summed E-state index contributed by atoms with van der Waals surface area (Å²) in [5.41, 5.74) is 16.2. The second-order valence-electron chi connectivity index (χ2n) is 15.0. The van der Waals surface area contributed by atoms with Gasteiger partial charge in [0.05, 0.1) is 38.8 Å². The van der Waals surface area contributed by atoms with Gasteiger partial charge >= 0.3 is 0 Å². The number of H-pyrrole nitrogens is 1. The summed E-state index contributed by atoms with van der Waals surface area (Å²) in [5, 5.41) is 34.7. The zero-order valence-corrected chi connectivity index (χ0v) is 36.0. The van der Waals surface area contributed by atoms with Gasteiger partial charge in [-0.15, -0.1) is 0 Å². The lowest BCUT2D eigenvalue weighted by Gasteiger charge is -2.34. The third-order valence-corrected chi connectivity index (χ3v) is 13.8. The summed E-state index contributed by atoms with van der Waals surface area (Å²) in [6.45, 7) is -3.49. The van der Waals surface area contributed by atoms with Gasteiger partial charge < -0.3 is 88.6 Å². The first-order valence-electron chi connectivity index (χ1n) is 19.3. The van der Waals surface area contributed by atoms with Crippen molar-refractivity contribution in [2.45, 2.75) is 73.6 Å². The number of nitrogens with two attached hydrogens (primary N) is 3. The van der Waals surface area contributed by atoms with Crippen LogP contribution in [0.1, 0.15) is 18.7 Å². The van der Waals surface area contributed by atoms with Crippen molar-refractivity contribution in [1.29, 1.82) is 0 Å². The first-order valence-corrected chi connectivity index (χ1v) is 23.7. The first kappa shape index (κ1) is 45.7. The van der Waals surface area contributed by atoms with Gasteiger partial charge in [0, 0.05) is 0 Å². The molecule has 0 radical (unpaired) electrons. The summed E-state index contributed by atoms with van der Waals surface area (Å²) in [4.78, 5) is 87.6. The van der Waals surface area contributed by atoms with E-state index in [4.69, 9.17) is 58.6 Å². The maximum Gasteiger partial charge on any atom is 0.280 e. The molecule has 6 aromatic heterocycles. The molecule has 360 valence electrons. The number of aromatic nitrogens is 12. The molecule has 0 saturated carbocycles. The van der Waals surface area contributed by atoms with Gasteiger partial charge in [0.1, 0.15) is 78.6 Å². The van der Waals surface area contributed by atoms with E-state index in [0.717, 1.165) is 45.3 Å². The lowest BCUT2D eigenvalue weighted by Crippen LogP contribution is -2.41.